The molecule has 6 nitrogen and oxygen atoms in total. The fourth-order valence-corrected chi connectivity index (χ4v) is 3.81. The van der Waals surface area contributed by atoms with E-state index in [4.69, 9.17) is 4.74 Å². The van der Waals surface area contributed by atoms with Crippen LogP contribution in [0.25, 0.3) is 0 Å². The third-order valence-corrected chi connectivity index (χ3v) is 5.17. The SMILES string of the molecule is COc1cccc2c1N(C(=O)C1=NN(c3cccc(C)c3)C(=O)CC1)CCC2. The quantitative estimate of drug-likeness (QED) is 0.823. The fourth-order valence-electron chi connectivity index (χ4n) is 3.81. The highest BCUT2D eigenvalue weighted by molar-refractivity contribution is 6.45. The largest absolute Gasteiger partial charge is 0.495 e. The van der Waals surface area contributed by atoms with Crippen LogP contribution in [0, 0.1) is 6.92 Å². The lowest BCUT2D eigenvalue weighted by molar-refractivity contribution is -0.118. The zero-order chi connectivity index (χ0) is 19.7. The van der Waals surface area contributed by atoms with Gasteiger partial charge >= 0.3 is 0 Å². The van der Waals surface area contributed by atoms with Gasteiger partial charge in [0.05, 0.1) is 18.5 Å². The molecule has 4 rings (SSSR count). The molecule has 0 aliphatic carbocycles. The first kappa shape index (κ1) is 18.2. The Morgan fingerprint density at radius 3 is 2.71 bits per heavy atom. The molecule has 2 aromatic carbocycles. The highest BCUT2D eigenvalue weighted by Crippen LogP contribution is 2.36. The number of methoxy groups -OCH3 is 1. The summed E-state index contributed by atoms with van der Waals surface area (Å²) in [7, 11) is 1.61. The molecule has 144 valence electrons. The van der Waals surface area contributed by atoms with Crippen molar-refractivity contribution >= 4 is 28.9 Å². The van der Waals surface area contributed by atoms with Crippen LogP contribution in [0.4, 0.5) is 11.4 Å². The molecular formula is C22H23N3O3. The number of hydrazone groups is 1. The Labute approximate surface area is 164 Å². The molecule has 0 radical (unpaired) electrons. The third kappa shape index (κ3) is 3.26. The molecule has 0 saturated heterocycles. The minimum absolute atomic E-state index is 0.0984. The Bertz CT molecular complexity index is 953. The van der Waals surface area contributed by atoms with Gasteiger partial charge in [0, 0.05) is 19.4 Å². The number of hydrogen-bond donors (Lipinski definition) is 0. The summed E-state index contributed by atoms with van der Waals surface area (Å²) in [6.07, 6.45) is 2.42. The Hall–Kier alpha value is -3.15. The molecule has 0 unspecified atom stereocenters. The number of fused-ring (bicyclic) bond motifs is 1. The van der Waals surface area contributed by atoms with Gasteiger partial charge < -0.3 is 9.64 Å². The molecule has 2 aliphatic heterocycles. The van der Waals surface area contributed by atoms with Crippen LogP contribution in [0.2, 0.25) is 0 Å². The van der Waals surface area contributed by atoms with Crippen molar-refractivity contribution in [3.05, 3.63) is 53.6 Å². The molecule has 0 fully saturated rings. The maximum atomic E-state index is 13.3. The molecule has 0 atom stereocenters. The van der Waals surface area contributed by atoms with Crippen LogP contribution in [0.3, 0.4) is 0 Å². The van der Waals surface area contributed by atoms with Crippen LogP contribution in [-0.2, 0) is 16.0 Å². The third-order valence-electron chi connectivity index (χ3n) is 5.17. The van der Waals surface area contributed by atoms with Gasteiger partial charge in [0.2, 0.25) is 5.91 Å². The van der Waals surface area contributed by atoms with Crippen molar-refractivity contribution in [3.8, 4) is 5.75 Å². The zero-order valence-corrected chi connectivity index (χ0v) is 16.1. The predicted octanol–water partition coefficient (Wildman–Crippen LogP) is 3.47. The van der Waals surface area contributed by atoms with Crippen molar-refractivity contribution < 1.29 is 14.3 Å². The van der Waals surface area contributed by atoms with Gasteiger partial charge in [-0.05, 0) is 49.1 Å². The van der Waals surface area contributed by atoms with E-state index in [9.17, 15) is 9.59 Å². The highest BCUT2D eigenvalue weighted by atomic mass is 16.5. The van der Waals surface area contributed by atoms with Crippen molar-refractivity contribution in [1.29, 1.82) is 0 Å². The van der Waals surface area contributed by atoms with Crippen molar-refractivity contribution in [3.63, 3.8) is 0 Å². The molecule has 28 heavy (non-hydrogen) atoms. The minimum Gasteiger partial charge on any atom is -0.495 e. The van der Waals surface area contributed by atoms with E-state index in [1.54, 1.807) is 12.0 Å². The summed E-state index contributed by atoms with van der Waals surface area (Å²) in [5.41, 5.74) is 4.05. The van der Waals surface area contributed by atoms with Crippen LogP contribution < -0.4 is 14.6 Å². The zero-order valence-electron chi connectivity index (χ0n) is 16.1. The number of hydrogen-bond acceptors (Lipinski definition) is 4. The fraction of sp³-hybridized carbons (Fsp3) is 0.318. The van der Waals surface area contributed by atoms with Crippen molar-refractivity contribution in [1.82, 2.24) is 0 Å². The van der Waals surface area contributed by atoms with E-state index < -0.39 is 0 Å². The van der Waals surface area contributed by atoms with E-state index >= 15 is 0 Å². The van der Waals surface area contributed by atoms with Gasteiger partial charge in [-0.3, -0.25) is 9.59 Å². The van der Waals surface area contributed by atoms with Crippen molar-refractivity contribution in [2.45, 2.75) is 32.6 Å². The molecule has 2 amide bonds. The molecule has 0 N–H and O–H groups in total. The van der Waals surface area contributed by atoms with Crippen LogP contribution in [-0.4, -0.2) is 31.2 Å². The second kappa shape index (κ2) is 7.46. The van der Waals surface area contributed by atoms with E-state index in [1.807, 2.05) is 49.4 Å². The summed E-state index contributed by atoms with van der Waals surface area (Å²) in [6.45, 7) is 2.58. The van der Waals surface area contributed by atoms with Gasteiger partial charge in [0.15, 0.2) is 0 Å². The van der Waals surface area contributed by atoms with E-state index in [-0.39, 0.29) is 18.2 Å². The summed E-state index contributed by atoms with van der Waals surface area (Å²) in [5, 5.41) is 5.80. The van der Waals surface area contributed by atoms with Gasteiger partial charge in [0.25, 0.3) is 5.91 Å². The number of carbonyl (C=O) groups is 2. The number of aryl methyl sites for hydroxylation is 2. The van der Waals surface area contributed by atoms with Gasteiger partial charge in [0.1, 0.15) is 11.5 Å². The first-order valence-electron chi connectivity index (χ1n) is 9.53. The van der Waals surface area contributed by atoms with E-state index in [1.165, 1.54) is 5.01 Å². The number of para-hydroxylation sites is 1. The molecule has 0 bridgehead atoms. The van der Waals surface area contributed by atoms with Crippen LogP contribution in [0.5, 0.6) is 5.75 Å². The predicted molar refractivity (Wildman–Crippen MR) is 109 cm³/mol. The first-order valence-corrected chi connectivity index (χ1v) is 9.53. The summed E-state index contributed by atoms with van der Waals surface area (Å²) in [5.74, 6) is 0.433. The lowest BCUT2D eigenvalue weighted by atomic mass is 9.99. The molecule has 2 aliphatic rings. The Morgan fingerprint density at radius 2 is 1.93 bits per heavy atom. The monoisotopic (exact) mass is 377 g/mol. The topological polar surface area (TPSA) is 62.2 Å². The van der Waals surface area contributed by atoms with Crippen LogP contribution >= 0.6 is 0 Å². The summed E-state index contributed by atoms with van der Waals surface area (Å²) >= 11 is 0. The maximum absolute atomic E-state index is 13.3. The molecule has 6 heteroatoms. The molecule has 2 aromatic rings. The van der Waals surface area contributed by atoms with Gasteiger partial charge in [-0.25, -0.2) is 5.01 Å². The average Bonchev–Trinajstić information content (AvgIpc) is 2.72. The van der Waals surface area contributed by atoms with E-state index in [0.29, 0.717) is 30.1 Å². The second-order valence-corrected chi connectivity index (χ2v) is 7.12. The average molecular weight is 377 g/mol. The molecular weight excluding hydrogens is 354 g/mol. The molecule has 0 spiro atoms. The maximum Gasteiger partial charge on any atom is 0.274 e. The number of benzene rings is 2. The van der Waals surface area contributed by atoms with Crippen LogP contribution in [0.15, 0.2) is 47.6 Å². The van der Waals surface area contributed by atoms with Crippen molar-refractivity contribution in [2.75, 3.05) is 23.6 Å². The summed E-state index contributed by atoms with van der Waals surface area (Å²) < 4.78 is 5.50. The van der Waals surface area contributed by atoms with Gasteiger partial charge in [-0.2, -0.15) is 5.10 Å². The number of ether oxygens (including phenoxy) is 1. The second-order valence-electron chi connectivity index (χ2n) is 7.12. The lowest BCUT2D eigenvalue weighted by Crippen LogP contribution is -2.43. The number of amides is 2. The molecule has 0 saturated carbocycles. The van der Waals surface area contributed by atoms with E-state index in [0.717, 1.165) is 29.7 Å². The van der Waals surface area contributed by atoms with E-state index in [2.05, 4.69) is 5.10 Å². The Morgan fingerprint density at radius 1 is 1.11 bits per heavy atom. The van der Waals surface area contributed by atoms with Gasteiger partial charge in [-0.15, -0.1) is 0 Å². The Kier molecular flexibility index (Phi) is 4.86. The standard InChI is InChI=1S/C22H23N3O3/c1-15-6-3-9-17(14-15)25-20(26)12-11-18(23-25)22(27)24-13-5-8-16-7-4-10-19(28-2)21(16)24/h3-4,6-7,9-10,14H,5,8,11-13H2,1-2H3. The van der Waals surface area contributed by atoms with Crippen LogP contribution in [0.1, 0.15) is 30.4 Å². The number of anilines is 2. The number of carbonyl (C=O) groups excluding carboxylic acids is 2. The minimum atomic E-state index is -0.157. The van der Waals surface area contributed by atoms with Crippen molar-refractivity contribution in [2.24, 2.45) is 5.10 Å². The number of rotatable bonds is 3. The molecule has 0 aromatic heterocycles. The summed E-state index contributed by atoms with van der Waals surface area (Å²) in [4.78, 5) is 27.5. The smallest absolute Gasteiger partial charge is 0.274 e. The summed E-state index contributed by atoms with van der Waals surface area (Å²) in [6, 6.07) is 13.4. The number of nitrogens with zero attached hydrogens (tertiary/aromatic N) is 3. The Balaban J connectivity index is 1.69. The normalized spacial score (nSPS) is 16.5. The van der Waals surface area contributed by atoms with Gasteiger partial charge in [-0.1, -0.05) is 24.3 Å². The first-order chi connectivity index (χ1) is 13.6. The molecule has 2 heterocycles. The highest BCUT2D eigenvalue weighted by Gasteiger charge is 2.32. The lowest BCUT2D eigenvalue weighted by Gasteiger charge is -2.32.